The maximum Gasteiger partial charge on any atom is 1.00 e. The second-order valence-electron chi connectivity index (χ2n) is 24.5. The molecule has 4 aromatic heterocycles. The van der Waals surface area contributed by atoms with Crippen molar-refractivity contribution in [2.24, 2.45) is 0 Å². The number of hydrogen-bond donors (Lipinski definition) is 1. The van der Waals surface area contributed by atoms with Crippen molar-refractivity contribution in [3.8, 4) is 119 Å². The summed E-state index contributed by atoms with van der Waals surface area (Å²) in [4.78, 5) is 42.6. The molecule has 0 amide bonds. The van der Waals surface area contributed by atoms with E-state index in [1.165, 1.54) is 50.1 Å². The quantitative estimate of drug-likeness (QED) is 0.0546. The van der Waals surface area contributed by atoms with E-state index >= 15 is 4.39 Å². The third-order valence-corrected chi connectivity index (χ3v) is 17.8. The SMILES string of the molecule is C.Fc1cc(-c2nc(-c3ccccc3)nc(-c3ccccc3)n2)cc(-n2c3ccc(-c4ccccc4)cc3c3cc(-c4ccccc4)ccc32)c1.Fc1ccc(F)c(-c2nc(-c3ccccc3)nc(-c3ccccc3)n2)c1.O=CO[O-].[2H]CF.[Cs+].[Cs+].[H-].c1ccc(-c2ccc3[nH]c4ccc(-c5ccccc5)cc4c3c2)cc1. The molecule has 528 valence electrons. The largest absolute Gasteiger partial charge is 1.00 e. The molecule has 18 aromatic rings. The molecule has 0 spiro atoms. The van der Waals surface area contributed by atoms with Crippen LogP contribution in [0.4, 0.5) is 17.6 Å². The summed E-state index contributed by atoms with van der Waals surface area (Å²) < 4.78 is 61.4. The zero-order chi connectivity index (χ0) is 74.1. The zero-order valence-electron chi connectivity index (χ0n) is 61.1. The van der Waals surface area contributed by atoms with E-state index in [0.29, 0.717) is 40.4 Å². The van der Waals surface area contributed by atoms with Crippen molar-refractivity contribution >= 4 is 50.1 Å². The molecule has 14 aromatic carbocycles. The summed E-state index contributed by atoms with van der Waals surface area (Å²) >= 11 is 0. The molecule has 0 saturated carbocycles. The molecule has 11 nitrogen and oxygen atoms in total. The Balaban J connectivity index is 0.000000182. The van der Waals surface area contributed by atoms with E-state index in [1.54, 1.807) is 6.07 Å². The summed E-state index contributed by atoms with van der Waals surface area (Å²) in [6.07, 6.45) is 0. The van der Waals surface area contributed by atoms with E-state index in [2.05, 4.69) is 211 Å². The van der Waals surface area contributed by atoms with Gasteiger partial charge in [-0.3, -0.25) is 9.18 Å². The molecule has 4 heterocycles. The third kappa shape index (κ3) is 19.0. The van der Waals surface area contributed by atoms with Gasteiger partial charge in [0, 0.05) is 66.1 Å². The van der Waals surface area contributed by atoms with E-state index < -0.39 is 18.8 Å². The molecule has 0 fully saturated rings. The number of fused-ring (bicyclic) bond motifs is 6. The van der Waals surface area contributed by atoms with Gasteiger partial charge in [-0.1, -0.05) is 274 Å². The van der Waals surface area contributed by atoms with E-state index in [-0.39, 0.29) is 170 Å². The van der Waals surface area contributed by atoms with Gasteiger partial charge in [0.1, 0.15) is 17.5 Å². The summed E-state index contributed by atoms with van der Waals surface area (Å²) in [6.45, 7) is -0.181. The number of alkyl halides is 1. The third-order valence-electron chi connectivity index (χ3n) is 17.8. The molecule has 0 saturated heterocycles. The minimum Gasteiger partial charge on any atom is -1.00 e. The predicted octanol–water partition coefficient (Wildman–Crippen LogP) is 17.0. The van der Waals surface area contributed by atoms with Crippen LogP contribution in [0.25, 0.3) is 162 Å². The Morgan fingerprint density at radius 3 is 0.964 bits per heavy atom. The van der Waals surface area contributed by atoms with Gasteiger partial charge in [-0.15, -0.1) is 0 Å². The Labute approximate surface area is 754 Å². The molecule has 110 heavy (non-hydrogen) atoms. The van der Waals surface area contributed by atoms with Gasteiger partial charge in [0.2, 0.25) is 0 Å². The molecular weight excluding hydrogens is 1620 g/mol. The van der Waals surface area contributed by atoms with Crippen molar-refractivity contribution in [1.82, 2.24) is 39.5 Å². The Hall–Kier alpha value is -10.0. The van der Waals surface area contributed by atoms with Crippen LogP contribution in [0.5, 0.6) is 0 Å². The average Bonchev–Trinajstić information content (AvgIpc) is 1.58. The molecule has 0 unspecified atom stereocenters. The Morgan fingerprint density at radius 1 is 0.345 bits per heavy atom. The molecular formula is C93H68Cs2F4N8O3. The fraction of sp³-hybridized carbons (Fsp3) is 0.0215. The molecule has 0 radical (unpaired) electrons. The topological polar surface area (TPSA) is 147 Å². The van der Waals surface area contributed by atoms with Gasteiger partial charge in [0.15, 0.2) is 34.9 Å². The molecule has 0 aliphatic carbocycles. The second-order valence-corrected chi connectivity index (χ2v) is 24.5. The number of H-pyrrole nitrogens is 1. The van der Waals surface area contributed by atoms with Crippen LogP contribution in [0.3, 0.4) is 0 Å². The summed E-state index contributed by atoms with van der Waals surface area (Å²) in [5.41, 5.74) is 18.3. The molecule has 0 aliphatic rings. The number of aromatic amines is 1. The van der Waals surface area contributed by atoms with Crippen molar-refractivity contribution in [3.05, 3.63) is 369 Å². The number of rotatable bonds is 12. The maximum atomic E-state index is 15.8. The van der Waals surface area contributed by atoms with Gasteiger partial charge in [-0.25, -0.2) is 43.1 Å². The number of halogens is 4. The average molecular weight is 1690 g/mol. The standard InChI is InChI=1S/C45H29FN4.C24H17N.C21H13F2N3.CH3F.CH2O3.CH4.2Cs.H/c46-37-25-36(45-48-43(32-17-9-3-10-18-32)47-44(49-45)33-19-11-4-12-20-33)26-38(29-37)50-41-23-21-34(30-13-5-1-6-14-30)27-39(41)40-28-35(22-24-42(40)50)31-15-7-2-8-16-31;1-3-7-17(8-4-1)19-11-13-23-21(15-19)22-16-20(12-14-24(22)25-23)18-9-5-2-6-10-18;22-16-11-12-18(23)17(13-16)21-25-19(14-7-3-1-4-8-14)24-20(26-21)15-9-5-2-6-10-15;1-2;2-1-4-3;;;;/h1-29H;1-16,25H;1-13H;1H3;1,3H;1H4;;;/q;;;;;;2*+1;-1/p-1/i;;;1D;;;;;. The number of carbonyl (C=O) groups is 1. The van der Waals surface area contributed by atoms with Gasteiger partial charge in [0.25, 0.3) is 6.47 Å². The Bertz CT molecular complexity index is 5810. The fourth-order valence-electron chi connectivity index (χ4n) is 12.8. The molecule has 1 N–H and O–H groups in total. The first-order chi connectivity index (χ1) is 53.1. The van der Waals surface area contributed by atoms with Crippen LogP contribution in [-0.2, 0) is 9.68 Å². The normalized spacial score (nSPS) is 10.6. The minimum atomic E-state index is -1.00. The van der Waals surface area contributed by atoms with Crippen LogP contribution in [0.2, 0.25) is 0 Å². The monoisotopic (exact) mass is 1690 g/mol. The number of nitrogens with zero attached hydrogens (tertiary/aromatic N) is 7. The van der Waals surface area contributed by atoms with Crippen LogP contribution in [0, 0.1) is 17.5 Å². The summed E-state index contributed by atoms with van der Waals surface area (Å²) in [7, 11) is -1.00. The number of aromatic nitrogens is 8. The van der Waals surface area contributed by atoms with Gasteiger partial charge in [-0.05, 0) is 129 Å². The van der Waals surface area contributed by atoms with Crippen LogP contribution in [0.1, 0.15) is 10.2 Å². The predicted molar refractivity (Wildman–Crippen MR) is 426 cm³/mol. The summed E-state index contributed by atoms with van der Waals surface area (Å²) in [5, 5.41) is 13.1. The van der Waals surface area contributed by atoms with E-state index in [1.807, 2.05) is 140 Å². The number of nitrogens with one attached hydrogen (secondary N) is 1. The zero-order valence-corrected chi connectivity index (χ0v) is 71.7. The van der Waals surface area contributed by atoms with E-state index in [0.717, 1.165) is 84.5 Å². The summed E-state index contributed by atoms with van der Waals surface area (Å²) in [5.74, 6) is 0.832. The van der Waals surface area contributed by atoms with Gasteiger partial charge in [0.05, 0.1) is 25.1 Å². The van der Waals surface area contributed by atoms with Gasteiger partial charge < -0.3 is 21.1 Å². The first-order valence-electron chi connectivity index (χ1n) is 34.7. The molecule has 18 rings (SSSR count). The smallest absolute Gasteiger partial charge is 1.00 e. The van der Waals surface area contributed by atoms with Crippen molar-refractivity contribution in [2.75, 3.05) is 7.15 Å². The van der Waals surface area contributed by atoms with E-state index in [4.69, 9.17) is 26.4 Å². The first kappa shape index (κ1) is 79.5. The van der Waals surface area contributed by atoms with E-state index in [9.17, 15) is 13.2 Å². The van der Waals surface area contributed by atoms with Gasteiger partial charge >= 0.3 is 138 Å². The van der Waals surface area contributed by atoms with Crippen molar-refractivity contribution in [1.29, 1.82) is 0 Å². The second kappa shape index (κ2) is 39.0. The fourth-order valence-corrected chi connectivity index (χ4v) is 12.8. The van der Waals surface area contributed by atoms with Crippen LogP contribution in [-0.4, -0.2) is 53.1 Å². The Morgan fingerprint density at radius 2 is 0.636 bits per heavy atom. The molecule has 0 aliphatic heterocycles. The Kier molecular flexibility index (Phi) is 28.2. The first-order valence-corrected chi connectivity index (χ1v) is 34.0. The minimum absolute atomic E-state index is 0. The van der Waals surface area contributed by atoms with Gasteiger partial charge in [-0.2, -0.15) is 0 Å². The van der Waals surface area contributed by atoms with Crippen LogP contribution < -0.4 is 143 Å². The van der Waals surface area contributed by atoms with Crippen molar-refractivity contribution in [3.63, 3.8) is 0 Å². The van der Waals surface area contributed by atoms with Crippen molar-refractivity contribution in [2.45, 2.75) is 7.43 Å². The maximum absolute atomic E-state index is 15.8. The number of benzene rings is 14. The molecule has 17 heteroatoms. The summed E-state index contributed by atoms with van der Waals surface area (Å²) in [6, 6.07) is 115. The molecule has 0 bridgehead atoms. The van der Waals surface area contributed by atoms with Crippen LogP contribution in [0.15, 0.2) is 352 Å². The van der Waals surface area contributed by atoms with Crippen LogP contribution >= 0.6 is 0 Å². The van der Waals surface area contributed by atoms with Crippen molar-refractivity contribution < 1.29 is 173 Å². The molecule has 0 atom stereocenters. The number of carbonyl (C=O) groups excluding carboxylic acids is 1. The number of hydrogen-bond acceptors (Lipinski definition) is 9.